The number of hydrogen-bond donors (Lipinski definition) is 2. The third-order valence-corrected chi connectivity index (χ3v) is 3.68. The molecular weight excluding hydrogens is 222 g/mol. The molecular formula is C16H17NO. The Balaban J connectivity index is 2.16. The van der Waals surface area contributed by atoms with Gasteiger partial charge in [0.1, 0.15) is 0 Å². The summed E-state index contributed by atoms with van der Waals surface area (Å²) in [6.07, 6.45) is -0.374. The highest BCUT2D eigenvalue weighted by atomic mass is 16.3. The average molecular weight is 239 g/mol. The molecule has 1 aliphatic heterocycles. The maximum absolute atomic E-state index is 10.3. The molecule has 0 unspecified atom stereocenters. The van der Waals surface area contributed by atoms with Crippen LogP contribution < -0.4 is 5.32 Å². The molecule has 92 valence electrons. The van der Waals surface area contributed by atoms with Crippen molar-refractivity contribution < 1.29 is 5.11 Å². The summed E-state index contributed by atoms with van der Waals surface area (Å²) in [5.41, 5.74) is 4.78. The first-order valence-electron chi connectivity index (χ1n) is 6.34. The van der Waals surface area contributed by atoms with Crippen molar-refractivity contribution in [1.29, 1.82) is 0 Å². The molecule has 0 saturated carbocycles. The third kappa shape index (κ3) is 1.79. The number of nitrogens with one attached hydrogen (secondary N) is 1. The Bertz CT molecular complexity index is 550. The summed E-state index contributed by atoms with van der Waals surface area (Å²) in [6.45, 7) is 2.71. The summed E-state index contributed by atoms with van der Waals surface area (Å²) >= 11 is 0. The largest absolute Gasteiger partial charge is 0.390 e. The van der Waals surface area contributed by atoms with Crippen LogP contribution in [0.5, 0.6) is 0 Å². The van der Waals surface area contributed by atoms with Crippen LogP contribution in [0.3, 0.4) is 0 Å². The minimum absolute atomic E-state index is 0.0728. The van der Waals surface area contributed by atoms with E-state index in [9.17, 15) is 5.11 Å². The van der Waals surface area contributed by atoms with E-state index in [4.69, 9.17) is 0 Å². The number of aliphatic hydroxyl groups is 1. The van der Waals surface area contributed by atoms with Gasteiger partial charge in [-0.05, 0) is 29.7 Å². The fourth-order valence-corrected chi connectivity index (χ4v) is 2.82. The summed E-state index contributed by atoms with van der Waals surface area (Å²) in [7, 11) is 0. The van der Waals surface area contributed by atoms with Gasteiger partial charge in [-0.25, -0.2) is 0 Å². The molecule has 2 atom stereocenters. The highest BCUT2D eigenvalue weighted by Gasteiger charge is 2.30. The first-order valence-corrected chi connectivity index (χ1v) is 6.34. The second kappa shape index (κ2) is 4.46. The zero-order valence-electron chi connectivity index (χ0n) is 10.4. The van der Waals surface area contributed by atoms with Crippen LogP contribution in [-0.4, -0.2) is 17.8 Å². The van der Waals surface area contributed by atoms with E-state index in [1.807, 2.05) is 18.2 Å². The second-order valence-corrected chi connectivity index (χ2v) is 4.87. The molecule has 0 saturated heterocycles. The molecule has 0 bridgehead atoms. The van der Waals surface area contributed by atoms with E-state index >= 15 is 0 Å². The number of rotatable bonds is 1. The standard InChI is InChI=1S/C16H17NO/c1-11-6-5-9-13-15(11)16(14(18)10-17-13)12-7-3-2-4-8-12/h2-9,14,16-18H,10H2,1H3/t14-,16+/m0/s1. The molecule has 2 heteroatoms. The van der Waals surface area contributed by atoms with E-state index in [1.165, 1.54) is 16.7 Å². The summed E-state index contributed by atoms with van der Waals surface area (Å²) in [5.74, 6) is 0.0728. The van der Waals surface area contributed by atoms with Gasteiger partial charge in [-0.1, -0.05) is 42.5 Å². The second-order valence-electron chi connectivity index (χ2n) is 4.87. The molecule has 0 radical (unpaired) electrons. The predicted molar refractivity (Wildman–Crippen MR) is 74.0 cm³/mol. The lowest BCUT2D eigenvalue weighted by molar-refractivity contribution is 0.165. The van der Waals surface area contributed by atoms with Crippen LogP contribution in [0, 0.1) is 6.92 Å². The molecule has 0 aromatic heterocycles. The summed E-state index contributed by atoms with van der Waals surface area (Å²) in [4.78, 5) is 0. The van der Waals surface area contributed by atoms with E-state index in [0.717, 1.165) is 5.69 Å². The van der Waals surface area contributed by atoms with Gasteiger partial charge in [0.05, 0.1) is 6.10 Å². The van der Waals surface area contributed by atoms with E-state index < -0.39 is 0 Å². The van der Waals surface area contributed by atoms with Crippen molar-refractivity contribution in [2.75, 3.05) is 11.9 Å². The van der Waals surface area contributed by atoms with Gasteiger partial charge in [-0.15, -0.1) is 0 Å². The van der Waals surface area contributed by atoms with E-state index in [2.05, 4.69) is 42.6 Å². The number of aliphatic hydroxyl groups excluding tert-OH is 1. The predicted octanol–water partition coefficient (Wildman–Crippen LogP) is 2.91. The van der Waals surface area contributed by atoms with Crippen molar-refractivity contribution in [1.82, 2.24) is 0 Å². The number of β-amino-alcohol motifs (C(OH)–C–C–N with tert-alkyl or cyclic N) is 1. The van der Waals surface area contributed by atoms with Crippen molar-refractivity contribution >= 4 is 5.69 Å². The van der Waals surface area contributed by atoms with Crippen LogP contribution in [-0.2, 0) is 0 Å². The molecule has 0 aliphatic carbocycles. The Kier molecular flexibility index (Phi) is 2.80. The monoisotopic (exact) mass is 239 g/mol. The fraction of sp³-hybridized carbons (Fsp3) is 0.250. The van der Waals surface area contributed by atoms with Gasteiger partial charge in [0.2, 0.25) is 0 Å². The van der Waals surface area contributed by atoms with Crippen molar-refractivity contribution in [2.24, 2.45) is 0 Å². The van der Waals surface area contributed by atoms with Crippen molar-refractivity contribution in [2.45, 2.75) is 18.9 Å². The number of benzene rings is 2. The lowest BCUT2D eigenvalue weighted by atomic mass is 9.81. The summed E-state index contributed by atoms with van der Waals surface area (Å²) in [6, 6.07) is 16.5. The maximum Gasteiger partial charge on any atom is 0.0822 e. The zero-order valence-corrected chi connectivity index (χ0v) is 10.4. The highest BCUT2D eigenvalue weighted by Crippen LogP contribution is 2.38. The van der Waals surface area contributed by atoms with Gasteiger partial charge in [0, 0.05) is 18.2 Å². The molecule has 2 aromatic carbocycles. The minimum Gasteiger partial charge on any atom is -0.390 e. The summed E-state index contributed by atoms with van der Waals surface area (Å²) < 4.78 is 0. The van der Waals surface area contributed by atoms with Gasteiger partial charge in [-0.2, -0.15) is 0 Å². The van der Waals surface area contributed by atoms with Crippen LogP contribution in [0.15, 0.2) is 48.5 Å². The van der Waals surface area contributed by atoms with Crippen molar-refractivity contribution in [3.63, 3.8) is 0 Å². The van der Waals surface area contributed by atoms with Gasteiger partial charge in [-0.3, -0.25) is 0 Å². The Labute approximate surface area is 107 Å². The van der Waals surface area contributed by atoms with E-state index in [1.54, 1.807) is 0 Å². The van der Waals surface area contributed by atoms with Crippen LogP contribution in [0.2, 0.25) is 0 Å². The molecule has 2 nitrogen and oxygen atoms in total. The molecule has 3 rings (SSSR count). The van der Waals surface area contributed by atoms with Gasteiger partial charge < -0.3 is 10.4 Å². The zero-order chi connectivity index (χ0) is 12.5. The lowest BCUT2D eigenvalue weighted by Gasteiger charge is -2.33. The Hall–Kier alpha value is -1.80. The quantitative estimate of drug-likeness (QED) is 0.802. The van der Waals surface area contributed by atoms with Crippen LogP contribution in [0.4, 0.5) is 5.69 Å². The third-order valence-electron chi connectivity index (χ3n) is 3.68. The molecule has 1 heterocycles. The van der Waals surface area contributed by atoms with Gasteiger partial charge >= 0.3 is 0 Å². The van der Waals surface area contributed by atoms with E-state index in [-0.39, 0.29) is 12.0 Å². The molecule has 0 fully saturated rings. The molecule has 18 heavy (non-hydrogen) atoms. The highest BCUT2D eigenvalue weighted by molar-refractivity contribution is 5.61. The molecule has 1 aliphatic rings. The van der Waals surface area contributed by atoms with Crippen LogP contribution in [0.25, 0.3) is 0 Å². The van der Waals surface area contributed by atoms with Crippen molar-refractivity contribution in [3.05, 3.63) is 65.2 Å². The van der Waals surface area contributed by atoms with Crippen molar-refractivity contribution in [3.8, 4) is 0 Å². The fourth-order valence-electron chi connectivity index (χ4n) is 2.82. The number of hydrogen-bond acceptors (Lipinski definition) is 2. The van der Waals surface area contributed by atoms with E-state index in [0.29, 0.717) is 6.54 Å². The first-order chi connectivity index (χ1) is 8.77. The smallest absolute Gasteiger partial charge is 0.0822 e. The average Bonchev–Trinajstić information content (AvgIpc) is 2.40. The molecule has 2 aromatic rings. The Morgan fingerprint density at radius 1 is 1.06 bits per heavy atom. The summed E-state index contributed by atoms with van der Waals surface area (Å²) in [5, 5.41) is 13.6. The number of anilines is 1. The van der Waals surface area contributed by atoms with Crippen LogP contribution >= 0.6 is 0 Å². The lowest BCUT2D eigenvalue weighted by Crippen LogP contribution is -2.33. The van der Waals surface area contributed by atoms with Crippen LogP contribution in [0.1, 0.15) is 22.6 Å². The number of aryl methyl sites for hydroxylation is 1. The normalized spacial score (nSPS) is 22.1. The van der Waals surface area contributed by atoms with Gasteiger partial charge in [0.25, 0.3) is 0 Å². The minimum atomic E-state index is -0.374. The molecule has 0 spiro atoms. The maximum atomic E-state index is 10.3. The van der Waals surface area contributed by atoms with Gasteiger partial charge in [0.15, 0.2) is 0 Å². The SMILES string of the molecule is Cc1cccc2c1[C@H](c1ccccc1)[C@@H](O)CN2. The Morgan fingerprint density at radius 3 is 2.61 bits per heavy atom. The number of fused-ring (bicyclic) bond motifs is 1. The Morgan fingerprint density at radius 2 is 1.83 bits per heavy atom. The molecule has 0 amide bonds. The topological polar surface area (TPSA) is 32.3 Å². The first kappa shape index (κ1) is 11.3. The molecule has 2 N–H and O–H groups in total.